The minimum absolute atomic E-state index is 0.0199. The van der Waals surface area contributed by atoms with Crippen LogP contribution in [0.1, 0.15) is 11.1 Å². The predicted molar refractivity (Wildman–Crippen MR) is 121 cm³/mol. The second-order valence-corrected chi connectivity index (χ2v) is 8.39. The minimum atomic E-state index is -4.56. The average Bonchev–Trinajstić information content (AvgIpc) is 3.08. The van der Waals surface area contributed by atoms with Crippen molar-refractivity contribution in [3.63, 3.8) is 0 Å². The highest BCUT2D eigenvalue weighted by Crippen LogP contribution is 2.34. The van der Waals surface area contributed by atoms with Crippen molar-refractivity contribution in [2.75, 3.05) is 22.3 Å². The van der Waals surface area contributed by atoms with Gasteiger partial charge in [0.15, 0.2) is 0 Å². The lowest BCUT2D eigenvalue weighted by Gasteiger charge is -2.11. The standard InChI is InChI=1S/C18H14BrClF3N7OS/c19-12-4-1-10(2-5-12)8-25-27-16-28-29-17(30(16)24)32-9-15(31)26-14-7-11(18(21,22)23)3-6-13(14)20/h1-8H,9,24H2,(H,26,31)(H,27,28)/b25-8+. The highest BCUT2D eigenvalue weighted by Gasteiger charge is 2.31. The van der Waals surface area contributed by atoms with E-state index in [2.05, 4.69) is 42.0 Å². The normalized spacial score (nSPS) is 11.7. The Labute approximate surface area is 197 Å². The molecule has 14 heteroatoms. The number of benzene rings is 2. The van der Waals surface area contributed by atoms with Crippen molar-refractivity contribution >= 4 is 63.1 Å². The molecule has 0 radical (unpaired) electrons. The number of nitrogens with zero attached hydrogens (tertiary/aromatic N) is 4. The first-order chi connectivity index (χ1) is 15.1. The number of hydrogen-bond donors (Lipinski definition) is 3. The highest BCUT2D eigenvalue weighted by atomic mass is 79.9. The largest absolute Gasteiger partial charge is 0.416 e. The Bertz CT molecular complexity index is 1140. The Morgan fingerprint density at radius 1 is 1.25 bits per heavy atom. The summed E-state index contributed by atoms with van der Waals surface area (Å²) in [7, 11) is 0. The fourth-order valence-corrected chi connectivity index (χ4v) is 3.36. The van der Waals surface area contributed by atoms with Crippen LogP contribution in [0, 0.1) is 0 Å². The predicted octanol–water partition coefficient (Wildman–Crippen LogP) is 4.60. The molecule has 1 amide bonds. The molecule has 0 aliphatic heterocycles. The molecule has 32 heavy (non-hydrogen) atoms. The zero-order chi connectivity index (χ0) is 23.3. The molecule has 1 heterocycles. The number of halogens is 5. The van der Waals surface area contributed by atoms with Gasteiger partial charge in [-0.1, -0.05) is 51.4 Å². The molecule has 0 atom stereocenters. The maximum atomic E-state index is 12.8. The Morgan fingerprint density at radius 2 is 1.97 bits per heavy atom. The van der Waals surface area contributed by atoms with E-state index in [9.17, 15) is 18.0 Å². The first kappa shape index (κ1) is 23.9. The summed E-state index contributed by atoms with van der Waals surface area (Å²) in [5.74, 6) is 5.22. The molecule has 1 aromatic heterocycles. The first-order valence-corrected chi connectivity index (χ1v) is 10.8. The number of nitrogen functional groups attached to an aromatic ring is 1. The molecule has 0 unspecified atom stereocenters. The first-order valence-electron chi connectivity index (χ1n) is 8.68. The molecule has 3 aromatic rings. The molecule has 0 saturated carbocycles. The van der Waals surface area contributed by atoms with Crippen molar-refractivity contribution < 1.29 is 18.0 Å². The van der Waals surface area contributed by atoms with Crippen LogP contribution in [-0.4, -0.2) is 32.7 Å². The van der Waals surface area contributed by atoms with Crippen molar-refractivity contribution in [2.24, 2.45) is 5.10 Å². The fraction of sp³-hybridized carbons (Fsp3) is 0.111. The second-order valence-electron chi connectivity index (χ2n) is 6.13. The van der Waals surface area contributed by atoms with Gasteiger partial charge >= 0.3 is 6.18 Å². The van der Waals surface area contributed by atoms with E-state index in [0.717, 1.165) is 44.7 Å². The summed E-state index contributed by atoms with van der Waals surface area (Å²) in [6.07, 6.45) is -3.00. The number of nitrogens with two attached hydrogens (primary N) is 1. The van der Waals surface area contributed by atoms with E-state index in [4.69, 9.17) is 17.4 Å². The van der Waals surface area contributed by atoms with Crippen LogP contribution in [0.3, 0.4) is 0 Å². The Balaban J connectivity index is 1.57. The number of anilines is 2. The van der Waals surface area contributed by atoms with Gasteiger partial charge in [0.05, 0.1) is 28.2 Å². The van der Waals surface area contributed by atoms with Crippen LogP contribution in [0.25, 0.3) is 0 Å². The summed E-state index contributed by atoms with van der Waals surface area (Å²) in [6.45, 7) is 0. The summed E-state index contributed by atoms with van der Waals surface area (Å²) < 4.78 is 40.6. The number of aromatic nitrogens is 3. The Morgan fingerprint density at radius 3 is 2.66 bits per heavy atom. The summed E-state index contributed by atoms with van der Waals surface area (Å²) >= 11 is 10.1. The van der Waals surface area contributed by atoms with Crippen LogP contribution < -0.4 is 16.6 Å². The number of thioether (sulfide) groups is 1. The topological polar surface area (TPSA) is 110 Å². The van der Waals surface area contributed by atoms with Gasteiger partial charge in [-0.3, -0.25) is 4.79 Å². The van der Waals surface area contributed by atoms with Gasteiger partial charge < -0.3 is 11.2 Å². The van der Waals surface area contributed by atoms with E-state index in [1.54, 1.807) is 6.21 Å². The molecule has 168 valence electrons. The summed E-state index contributed by atoms with van der Waals surface area (Å²) in [4.78, 5) is 12.2. The van der Waals surface area contributed by atoms with Gasteiger partial charge in [0.2, 0.25) is 11.1 Å². The number of carbonyl (C=O) groups is 1. The van der Waals surface area contributed by atoms with Gasteiger partial charge in [-0.15, -0.1) is 10.2 Å². The number of carbonyl (C=O) groups excluding carboxylic acids is 1. The molecule has 8 nitrogen and oxygen atoms in total. The van der Waals surface area contributed by atoms with E-state index in [0.29, 0.717) is 0 Å². The quantitative estimate of drug-likeness (QED) is 0.172. The van der Waals surface area contributed by atoms with Crippen LogP contribution in [-0.2, 0) is 11.0 Å². The second kappa shape index (κ2) is 10.2. The third kappa shape index (κ3) is 6.37. The van der Waals surface area contributed by atoms with E-state index in [-0.39, 0.29) is 27.6 Å². The molecule has 3 rings (SSSR count). The molecule has 0 saturated heterocycles. The van der Waals surface area contributed by atoms with Crippen molar-refractivity contribution in [3.05, 3.63) is 63.1 Å². The molecule has 0 aliphatic rings. The molecule has 0 spiro atoms. The lowest BCUT2D eigenvalue weighted by Crippen LogP contribution is -2.17. The lowest BCUT2D eigenvalue weighted by molar-refractivity contribution is -0.137. The third-order valence-electron chi connectivity index (χ3n) is 3.81. The monoisotopic (exact) mass is 547 g/mol. The molecular formula is C18H14BrClF3N7OS. The Hall–Kier alpha value is -2.77. The molecular weight excluding hydrogens is 535 g/mol. The van der Waals surface area contributed by atoms with Crippen LogP contribution in [0.4, 0.5) is 24.8 Å². The number of alkyl halides is 3. The molecule has 0 bridgehead atoms. The van der Waals surface area contributed by atoms with Crippen molar-refractivity contribution in [1.82, 2.24) is 14.9 Å². The molecule has 0 fully saturated rings. The van der Waals surface area contributed by atoms with Crippen molar-refractivity contribution in [1.29, 1.82) is 0 Å². The summed E-state index contributed by atoms with van der Waals surface area (Å²) in [5, 5.41) is 14.2. The van der Waals surface area contributed by atoms with Crippen molar-refractivity contribution in [3.8, 4) is 0 Å². The lowest BCUT2D eigenvalue weighted by atomic mass is 10.2. The summed E-state index contributed by atoms with van der Waals surface area (Å²) in [6, 6.07) is 10.1. The number of hydrogen-bond acceptors (Lipinski definition) is 7. The Kier molecular flexibility index (Phi) is 7.64. The maximum Gasteiger partial charge on any atom is 0.416 e. The zero-order valence-electron chi connectivity index (χ0n) is 15.9. The van der Waals surface area contributed by atoms with E-state index < -0.39 is 17.6 Å². The van der Waals surface area contributed by atoms with Crippen LogP contribution >= 0.6 is 39.3 Å². The molecule has 2 aromatic carbocycles. The van der Waals surface area contributed by atoms with Gasteiger partial charge in [0, 0.05) is 4.47 Å². The minimum Gasteiger partial charge on any atom is -0.334 e. The fourth-order valence-electron chi connectivity index (χ4n) is 2.28. The van der Waals surface area contributed by atoms with Crippen molar-refractivity contribution in [2.45, 2.75) is 11.3 Å². The van der Waals surface area contributed by atoms with Gasteiger partial charge in [-0.2, -0.15) is 18.3 Å². The van der Waals surface area contributed by atoms with Crippen LogP contribution in [0.5, 0.6) is 0 Å². The number of hydrazone groups is 1. The third-order valence-corrected chi connectivity index (χ3v) is 5.61. The number of rotatable bonds is 7. The van der Waals surface area contributed by atoms with E-state index >= 15 is 0 Å². The van der Waals surface area contributed by atoms with Gasteiger partial charge in [0.25, 0.3) is 5.95 Å². The molecule has 0 aliphatic carbocycles. The smallest absolute Gasteiger partial charge is 0.334 e. The number of amides is 1. The van der Waals surface area contributed by atoms with Crippen LogP contribution in [0.15, 0.2) is 57.2 Å². The maximum absolute atomic E-state index is 12.8. The summed E-state index contributed by atoms with van der Waals surface area (Å²) in [5.41, 5.74) is 2.40. The average molecular weight is 549 g/mol. The van der Waals surface area contributed by atoms with Crippen LogP contribution in [0.2, 0.25) is 5.02 Å². The van der Waals surface area contributed by atoms with E-state index in [1.165, 1.54) is 0 Å². The SMILES string of the molecule is Nn1c(N/N=C/c2ccc(Br)cc2)nnc1SCC(=O)Nc1cc(C(F)(F)F)ccc1Cl. The van der Waals surface area contributed by atoms with E-state index in [1.807, 2.05) is 24.3 Å². The number of nitrogens with one attached hydrogen (secondary N) is 2. The highest BCUT2D eigenvalue weighted by molar-refractivity contribution is 9.10. The molecule has 4 N–H and O–H groups in total. The zero-order valence-corrected chi connectivity index (χ0v) is 19.1. The van der Waals surface area contributed by atoms with Gasteiger partial charge in [0.1, 0.15) is 0 Å². The van der Waals surface area contributed by atoms with Gasteiger partial charge in [-0.25, -0.2) is 10.1 Å². The van der Waals surface area contributed by atoms with Gasteiger partial charge in [-0.05, 0) is 35.9 Å².